The minimum Gasteiger partial charge on any atom is -0.494 e. The first-order chi connectivity index (χ1) is 39.1. The molecule has 0 saturated carbocycles. The standard InChI is InChI=1S/C72H142O7/c1-9-17-25-33-35-37-39-41-43-51-57-67(74-61-53-45-27-19-11-3)71(76-63-55-47-29-21-13-5)69(59-49-31-23-15-7)78-65-73-66-79-70(60-50-32-24-16-8)72(77-64-56-48-30-22-14-6)68(75-62-54-46-28-20-12-4)58-52-44-42-40-38-36-34-26-18-10-2/h69-70H,9-66H2,1-8H3. The molecule has 2 atom stereocenters. The maximum Gasteiger partial charge on any atom is 0.162 e. The van der Waals surface area contributed by atoms with Crippen LogP contribution in [0.15, 0.2) is 23.0 Å². The van der Waals surface area contributed by atoms with E-state index >= 15 is 0 Å². The Morgan fingerprint density at radius 3 is 0.709 bits per heavy atom. The number of allylic oxidation sites excluding steroid dienone is 2. The Labute approximate surface area is 495 Å². The highest BCUT2D eigenvalue weighted by molar-refractivity contribution is 5.09. The number of hydrogen-bond donors (Lipinski definition) is 0. The second kappa shape index (κ2) is 65.7. The van der Waals surface area contributed by atoms with Gasteiger partial charge in [-0.3, -0.25) is 0 Å². The summed E-state index contributed by atoms with van der Waals surface area (Å²) in [7, 11) is 0. The first kappa shape index (κ1) is 77.6. The van der Waals surface area contributed by atoms with Crippen molar-refractivity contribution in [3.63, 3.8) is 0 Å². The lowest BCUT2D eigenvalue weighted by Crippen LogP contribution is -2.25. The minimum absolute atomic E-state index is 0.143. The summed E-state index contributed by atoms with van der Waals surface area (Å²) >= 11 is 0. The summed E-state index contributed by atoms with van der Waals surface area (Å²) in [6.45, 7) is 21.6. The predicted octanol–water partition coefficient (Wildman–Crippen LogP) is 24.6. The monoisotopic (exact) mass is 1120 g/mol. The van der Waals surface area contributed by atoms with E-state index < -0.39 is 0 Å². The van der Waals surface area contributed by atoms with Crippen LogP contribution in [0.5, 0.6) is 0 Å². The highest BCUT2D eigenvalue weighted by Crippen LogP contribution is 2.29. The molecule has 0 aromatic heterocycles. The highest BCUT2D eigenvalue weighted by Gasteiger charge is 2.25. The Bertz CT molecular complexity index is 1140. The Hall–Kier alpha value is -1.44. The second-order valence-electron chi connectivity index (χ2n) is 23.9. The Balaban J connectivity index is 6.79. The molecule has 7 heteroatoms. The molecule has 0 fully saturated rings. The van der Waals surface area contributed by atoms with Crippen LogP contribution in [0.1, 0.15) is 389 Å². The van der Waals surface area contributed by atoms with Crippen LogP contribution < -0.4 is 0 Å². The predicted molar refractivity (Wildman–Crippen MR) is 344 cm³/mol. The molecular formula is C72H142O7. The van der Waals surface area contributed by atoms with E-state index in [4.69, 9.17) is 33.2 Å². The van der Waals surface area contributed by atoms with E-state index in [9.17, 15) is 0 Å². The minimum atomic E-state index is -0.222. The fraction of sp³-hybridized carbons (Fsp3) is 0.944. The Morgan fingerprint density at radius 2 is 0.443 bits per heavy atom. The third-order valence-corrected chi connectivity index (χ3v) is 16.1. The normalized spacial score (nSPS) is 13.2. The van der Waals surface area contributed by atoms with Gasteiger partial charge in [0.05, 0.1) is 26.4 Å². The Morgan fingerprint density at radius 1 is 0.228 bits per heavy atom. The van der Waals surface area contributed by atoms with Gasteiger partial charge in [-0.05, 0) is 51.4 Å². The number of rotatable bonds is 68. The van der Waals surface area contributed by atoms with Crippen LogP contribution in [0.25, 0.3) is 0 Å². The van der Waals surface area contributed by atoms with Gasteiger partial charge in [0.1, 0.15) is 23.7 Å². The molecule has 0 amide bonds. The van der Waals surface area contributed by atoms with Crippen LogP contribution in [0.2, 0.25) is 0 Å². The zero-order valence-electron chi connectivity index (χ0n) is 55.0. The van der Waals surface area contributed by atoms with E-state index in [1.165, 1.54) is 257 Å². The van der Waals surface area contributed by atoms with Crippen molar-refractivity contribution in [1.29, 1.82) is 0 Å². The average Bonchev–Trinajstić information content (AvgIpc) is 3.46. The van der Waals surface area contributed by atoms with E-state index in [0.29, 0.717) is 13.2 Å². The molecule has 0 N–H and O–H groups in total. The van der Waals surface area contributed by atoms with E-state index in [1.807, 2.05) is 0 Å². The fourth-order valence-corrected chi connectivity index (χ4v) is 10.8. The summed E-state index contributed by atoms with van der Waals surface area (Å²) in [4.78, 5) is 0. The Kier molecular flexibility index (Phi) is 64.5. The highest BCUT2D eigenvalue weighted by atomic mass is 16.7. The van der Waals surface area contributed by atoms with E-state index in [0.717, 1.165) is 113 Å². The van der Waals surface area contributed by atoms with Crippen LogP contribution in [-0.4, -0.2) is 52.2 Å². The summed E-state index contributed by atoms with van der Waals surface area (Å²) in [5.41, 5.74) is 0. The summed E-state index contributed by atoms with van der Waals surface area (Å²) < 4.78 is 48.0. The smallest absolute Gasteiger partial charge is 0.162 e. The molecule has 7 nitrogen and oxygen atoms in total. The van der Waals surface area contributed by atoms with Gasteiger partial charge in [-0.15, -0.1) is 0 Å². The van der Waals surface area contributed by atoms with Gasteiger partial charge in [-0.2, -0.15) is 0 Å². The molecule has 0 bridgehead atoms. The van der Waals surface area contributed by atoms with Crippen LogP contribution in [0.4, 0.5) is 0 Å². The topological polar surface area (TPSA) is 64.6 Å². The molecule has 0 aromatic rings. The van der Waals surface area contributed by atoms with Crippen LogP contribution in [-0.2, 0) is 33.2 Å². The van der Waals surface area contributed by atoms with Crippen molar-refractivity contribution >= 4 is 0 Å². The van der Waals surface area contributed by atoms with Crippen LogP contribution in [0, 0.1) is 0 Å². The van der Waals surface area contributed by atoms with Gasteiger partial charge in [0.25, 0.3) is 0 Å². The summed E-state index contributed by atoms with van der Waals surface area (Å²) in [6, 6.07) is 0. The molecule has 0 spiro atoms. The molecule has 2 unspecified atom stereocenters. The van der Waals surface area contributed by atoms with Gasteiger partial charge in [-0.1, -0.05) is 325 Å². The number of unbranched alkanes of at least 4 members (excludes halogenated alkanes) is 40. The second-order valence-corrected chi connectivity index (χ2v) is 23.9. The third kappa shape index (κ3) is 51.9. The van der Waals surface area contributed by atoms with Gasteiger partial charge in [0.2, 0.25) is 0 Å². The molecule has 0 radical (unpaired) electrons. The molecule has 0 aliphatic carbocycles. The van der Waals surface area contributed by atoms with E-state index in [-0.39, 0.29) is 25.8 Å². The van der Waals surface area contributed by atoms with Crippen molar-refractivity contribution in [1.82, 2.24) is 0 Å². The van der Waals surface area contributed by atoms with Crippen LogP contribution >= 0.6 is 0 Å². The fourth-order valence-electron chi connectivity index (χ4n) is 10.8. The van der Waals surface area contributed by atoms with Crippen molar-refractivity contribution in [3.05, 3.63) is 23.0 Å². The first-order valence-electron chi connectivity index (χ1n) is 35.9. The molecule has 0 aromatic carbocycles. The van der Waals surface area contributed by atoms with E-state index in [1.54, 1.807) is 0 Å². The van der Waals surface area contributed by atoms with Gasteiger partial charge < -0.3 is 33.2 Å². The van der Waals surface area contributed by atoms with Gasteiger partial charge in [0.15, 0.2) is 25.1 Å². The molecule has 0 aliphatic rings. The zero-order chi connectivity index (χ0) is 57.4. The number of ether oxygens (including phenoxy) is 7. The quantitative estimate of drug-likeness (QED) is 0.0342. The van der Waals surface area contributed by atoms with Crippen molar-refractivity contribution in [2.75, 3.05) is 40.0 Å². The molecule has 472 valence electrons. The molecular weight excluding hydrogens is 977 g/mol. The SMILES string of the molecule is CCCCCCCCCCCCC(OCCCCCCC)=C(OCCCCCCC)C(CCCCCC)OCOCOC(CCCCCC)C(OCCCCCCC)=C(CCCCCCCCCCCC)OCCCCCCC. The summed E-state index contributed by atoms with van der Waals surface area (Å²) in [5, 5.41) is 0. The lowest BCUT2D eigenvalue weighted by molar-refractivity contribution is -0.167. The molecule has 0 aliphatic heterocycles. The largest absolute Gasteiger partial charge is 0.494 e. The van der Waals surface area contributed by atoms with Gasteiger partial charge in [-0.25, -0.2) is 0 Å². The first-order valence-corrected chi connectivity index (χ1v) is 35.9. The zero-order valence-corrected chi connectivity index (χ0v) is 55.0. The molecule has 0 saturated heterocycles. The van der Waals surface area contributed by atoms with Gasteiger partial charge >= 0.3 is 0 Å². The summed E-state index contributed by atoms with van der Waals surface area (Å²) in [6.07, 6.45) is 63.3. The average molecular weight is 1120 g/mol. The lowest BCUT2D eigenvalue weighted by atomic mass is 10.0. The lowest BCUT2D eigenvalue weighted by Gasteiger charge is -2.26. The molecule has 0 rings (SSSR count). The van der Waals surface area contributed by atoms with E-state index in [2.05, 4.69) is 55.4 Å². The van der Waals surface area contributed by atoms with Gasteiger partial charge in [0, 0.05) is 12.8 Å². The third-order valence-electron chi connectivity index (χ3n) is 16.1. The van der Waals surface area contributed by atoms with Crippen molar-refractivity contribution < 1.29 is 33.2 Å². The van der Waals surface area contributed by atoms with Crippen LogP contribution in [0.3, 0.4) is 0 Å². The van der Waals surface area contributed by atoms with Crippen molar-refractivity contribution in [2.45, 2.75) is 401 Å². The maximum atomic E-state index is 6.97. The maximum absolute atomic E-state index is 6.97. The van der Waals surface area contributed by atoms with Crippen molar-refractivity contribution in [3.8, 4) is 0 Å². The van der Waals surface area contributed by atoms with Crippen molar-refractivity contribution in [2.24, 2.45) is 0 Å². The number of hydrogen-bond acceptors (Lipinski definition) is 7. The summed E-state index contributed by atoms with van der Waals surface area (Å²) in [5.74, 6) is 3.95. The molecule has 0 heterocycles. The molecule has 79 heavy (non-hydrogen) atoms.